The van der Waals surface area contributed by atoms with Gasteiger partial charge < -0.3 is 11.1 Å². The van der Waals surface area contributed by atoms with Crippen molar-refractivity contribution in [1.29, 1.82) is 0 Å². The molecule has 0 radical (unpaired) electrons. The molecule has 4 heteroatoms. The fourth-order valence-electron chi connectivity index (χ4n) is 2.20. The van der Waals surface area contributed by atoms with E-state index in [-0.39, 0.29) is 24.4 Å². The lowest BCUT2D eigenvalue weighted by atomic mass is 9.92. The highest BCUT2D eigenvalue weighted by molar-refractivity contribution is 5.87. The van der Waals surface area contributed by atoms with Crippen LogP contribution in [0.5, 0.6) is 0 Å². The SMILES string of the molecule is CC(CC1CC1)NC(=O)C(C)(N)c1ccccc1.Cl. The maximum absolute atomic E-state index is 12.2. The Balaban J connectivity index is 0.00000180. The van der Waals surface area contributed by atoms with Crippen LogP contribution in [0.15, 0.2) is 30.3 Å². The van der Waals surface area contributed by atoms with Gasteiger partial charge in [0.15, 0.2) is 0 Å². The minimum Gasteiger partial charge on any atom is -0.352 e. The molecule has 0 heterocycles. The van der Waals surface area contributed by atoms with Crippen molar-refractivity contribution in [3.63, 3.8) is 0 Å². The summed E-state index contributed by atoms with van der Waals surface area (Å²) >= 11 is 0. The Hall–Kier alpha value is -1.06. The predicted molar refractivity (Wildman–Crippen MR) is 80.2 cm³/mol. The topological polar surface area (TPSA) is 55.1 Å². The highest BCUT2D eigenvalue weighted by atomic mass is 35.5. The Bertz CT molecular complexity index is 415. The van der Waals surface area contributed by atoms with Crippen LogP contribution in [0, 0.1) is 5.92 Å². The smallest absolute Gasteiger partial charge is 0.244 e. The summed E-state index contributed by atoms with van der Waals surface area (Å²) < 4.78 is 0. The summed E-state index contributed by atoms with van der Waals surface area (Å²) in [6.07, 6.45) is 3.67. The van der Waals surface area contributed by atoms with Gasteiger partial charge in [0.05, 0.1) is 0 Å². The molecule has 1 aromatic rings. The van der Waals surface area contributed by atoms with Gasteiger partial charge in [-0.3, -0.25) is 4.79 Å². The molecule has 2 rings (SSSR count). The number of amides is 1. The van der Waals surface area contributed by atoms with Crippen molar-refractivity contribution >= 4 is 18.3 Å². The van der Waals surface area contributed by atoms with Crippen LogP contribution in [0.25, 0.3) is 0 Å². The summed E-state index contributed by atoms with van der Waals surface area (Å²) in [6, 6.07) is 9.73. The zero-order valence-electron chi connectivity index (χ0n) is 11.6. The summed E-state index contributed by atoms with van der Waals surface area (Å²) in [5.41, 5.74) is 6.05. The molecule has 1 fully saturated rings. The third-order valence-electron chi connectivity index (χ3n) is 3.61. The number of halogens is 1. The van der Waals surface area contributed by atoms with Crippen LogP contribution >= 0.6 is 12.4 Å². The molecule has 0 saturated heterocycles. The average Bonchev–Trinajstić information content (AvgIpc) is 3.13. The molecule has 1 amide bonds. The summed E-state index contributed by atoms with van der Waals surface area (Å²) in [7, 11) is 0. The lowest BCUT2D eigenvalue weighted by molar-refractivity contribution is -0.126. The lowest BCUT2D eigenvalue weighted by Gasteiger charge is -2.26. The molecule has 1 aliphatic carbocycles. The number of benzene rings is 1. The number of carbonyl (C=O) groups is 1. The van der Waals surface area contributed by atoms with Crippen molar-refractivity contribution < 1.29 is 4.79 Å². The maximum Gasteiger partial charge on any atom is 0.244 e. The van der Waals surface area contributed by atoms with Gasteiger partial charge in [0.25, 0.3) is 0 Å². The summed E-state index contributed by atoms with van der Waals surface area (Å²) in [5.74, 6) is 0.711. The first-order valence-corrected chi connectivity index (χ1v) is 6.65. The highest BCUT2D eigenvalue weighted by Gasteiger charge is 2.32. The highest BCUT2D eigenvalue weighted by Crippen LogP contribution is 2.33. The van der Waals surface area contributed by atoms with E-state index in [1.54, 1.807) is 6.92 Å². The second-order valence-corrected chi connectivity index (χ2v) is 5.62. The molecule has 2 atom stereocenters. The summed E-state index contributed by atoms with van der Waals surface area (Å²) in [4.78, 5) is 12.2. The van der Waals surface area contributed by atoms with E-state index >= 15 is 0 Å². The van der Waals surface area contributed by atoms with Crippen LogP contribution in [0.2, 0.25) is 0 Å². The molecule has 3 N–H and O–H groups in total. The van der Waals surface area contributed by atoms with Gasteiger partial charge in [-0.15, -0.1) is 12.4 Å². The molecule has 0 bridgehead atoms. The third kappa shape index (κ3) is 4.22. The number of hydrogen-bond donors (Lipinski definition) is 2. The number of nitrogens with two attached hydrogens (primary N) is 1. The Kier molecular flexibility index (Phi) is 5.39. The molecule has 2 unspecified atom stereocenters. The van der Waals surface area contributed by atoms with Gasteiger partial charge in [-0.25, -0.2) is 0 Å². The monoisotopic (exact) mass is 282 g/mol. The van der Waals surface area contributed by atoms with E-state index in [1.807, 2.05) is 30.3 Å². The fourth-order valence-corrected chi connectivity index (χ4v) is 2.20. The van der Waals surface area contributed by atoms with E-state index in [4.69, 9.17) is 5.73 Å². The molecule has 3 nitrogen and oxygen atoms in total. The van der Waals surface area contributed by atoms with Gasteiger partial charge >= 0.3 is 0 Å². The quantitative estimate of drug-likeness (QED) is 0.872. The fraction of sp³-hybridized carbons (Fsp3) is 0.533. The number of hydrogen-bond acceptors (Lipinski definition) is 2. The number of nitrogens with one attached hydrogen (secondary N) is 1. The van der Waals surface area contributed by atoms with Crippen LogP contribution < -0.4 is 11.1 Å². The van der Waals surface area contributed by atoms with Crippen molar-refractivity contribution in [2.75, 3.05) is 0 Å². The van der Waals surface area contributed by atoms with Gasteiger partial charge in [0.1, 0.15) is 5.54 Å². The Morgan fingerprint density at radius 1 is 1.42 bits per heavy atom. The van der Waals surface area contributed by atoms with E-state index in [0.29, 0.717) is 0 Å². The molecule has 106 valence electrons. The van der Waals surface area contributed by atoms with Gasteiger partial charge in [0, 0.05) is 6.04 Å². The van der Waals surface area contributed by atoms with Crippen molar-refractivity contribution in [3.05, 3.63) is 35.9 Å². The van der Waals surface area contributed by atoms with E-state index < -0.39 is 5.54 Å². The first-order chi connectivity index (χ1) is 8.50. The van der Waals surface area contributed by atoms with E-state index in [1.165, 1.54) is 12.8 Å². The van der Waals surface area contributed by atoms with Crippen LogP contribution in [-0.2, 0) is 10.3 Å². The van der Waals surface area contributed by atoms with Gasteiger partial charge in [-0.05, 0) is 31.7 Å². The van der Waals surface area contributed by atoms with E-state index in [0.717, 1.165) is 17.9 Å². The average molecular weight is 283 g/mol. The van der Waals surface area contributed by atoms with Crippen molar-refractivity contribution in [1.82, 2.24) is 5.32 Å². The standard InChI is InChI=1S/C15H22N2O.ClH/c1-11(10-12-8-9-12)17-14(18)15(2,16)13-6-4-3-5-7-13;/h3-7,11-12H,8-10,16H2,1-2H3,(H,17,18);1H. The summed E-state index contributed by atoms with van der Waals surface area (Å²) in [6.45, 7) is 3.82. The van der Waals surface area contributed by atoms with Crippen molar-refractivity contribution in [3.8, 4) is 0 Å². The molecule has 0 aromatic heterocycles. The zero-order chi connectivity index (χ0) is 13.2. The second kappa shape index (κ2) is 6.40. The second-order valence-electron chi connectivity index (χ2n) is 5.62. The molecule has 1 aromatic carbocycles. The predicted octanol–water partition coefficient (Wildman–Crippen LogP) is 2.59. The largest absolute Gasteiger partial charge is 0.352 e. The first-order valence-electron chi connectivity index (χ1n) is 6.65. The van der Waals surface area contributed by atoms with Crippen LogP contribution in [0.1, 0.15) is 38.7 Å². The Labute approximate surface area is 121 Å². The normalized spacial score (nSPS) is 18.9. The molecule has 0 aliphatic heterocycles. The minimum absolute atomic E-state index is 0. The minimum atomic E-state index is -0.959. The van der Waals surface area contributed by atoms with Crippen LogP contribution in [0.3, 0.4) is 0 Å². The van der Waals surface area contributed by atoms with Crippen LogP contribution in [-0.4, -0.2) is 11.9 Å². The molecular formula is C15H23ClN2O. The molecule has 1 aliphatic rings. The Morgan fingerprint density at radius 2 is 2.00 bits per heavy atom. The van der Waals surface area contributed by atoms with E-state index in [9.17, 15) is 4.79 Å². The van der Waals surface area contributed by atoms with Gasteiger partial charge in [-0.1, -0.05) is 43.2 Å². The zero-order valence-corrected chi connectivity index (χ0v) is 12.4. The molecular weight excluding hydrogens is 260 g/mol. The summed E-state index contributed by atoms with van der Waals surface area (Å²) in [5, 5.41) is 3.03. The van der Waals surface area contributed by atoms with Crippen LogP contribution in [0.4, 0.5) is 0 Å². The van der Waals surface area contributed by atoms with E-state index in [2.05, 4.69) is 12.2 Å². The molecule has 0 spiro atoms. The maximum atomic E-state index is 12.2. The van der Waals surface area contributed by atoms with Gasteiger partial charge in [-0.2, -0.15) is 0 Å². The Morgan fingerprint density at radius 3 is 2.53 bits per heavy atom. The molecule has 1 saturated carbocycles. The van der Waals surface area contributed by atoms with Crippen molar-refractivity contribution in [2.24, 2.45) is 11.7 Å². The number of carbonyl (C=O) groups excluding carboxylic acids is 1. The lowest BCUT2D eigenvalue weighted by Crippen LogP contribution is -2.51. The first kappa shape index (κ1) is 16.0. The van der Waals surface area contributed by atoms with Gasteiger partial charge in [0.2, 0.25) is 5.91 Å². The molecule has 19 heavy (non-hydrogen) atoms. The van der Waals surface area contributed by atoms with Crippen molar-refractivity contribution in [2.45, 2.75) is 44.7 Å². The number of rotatable bonds is 5. The third-order valence-corrected chi connectivity index (χ3v) is 3.61.